The molecule has 0 radical (unpaired) electrons. The Kier molecular flexibility index (Phi) is 12.8. The second-order valence-electron chi connectivity index (χ2n) is 8.55. The van der Waals surface area contributed by atoms with Crippen molar-refractivity contribution >= 4 is 29.7 Å². The first-order chi connectivity index (χ1) is 16.5. The smallest absolute Gasteiger partial charge is 0.326 e. The van der Waals surface area contributed by atoms with E-state index in [2.05, 4.69) is 20.9 Å². The van der Waals surface area contributed by atoms with Crippen LogP contribution in [0.15, 0.2) is 35.3 Å². The van der Waals surface area contributed by atoms with E-state index in [1.807, 2.05) is 19.9 Å². The number of nitrogens with two attached hydrogens (primary N) is 3. The molecule has 12 nitrogen and oxygen atoms in total. The summed E-state index contributed by atoms with van der Waals surface area (Å²) in [5, 5.41) is 17.2. The number of aliphatic imine (C=N–C) groups is 1. The van der Waals surface area contributed by atoms with Crippen molar-refractivity contribution in [2.75, 3.05) is 13.1 Å². The number of nitrogens with one attached hydrogen (secondary N) is 3. The zero-order valence-corrected chi connectivity index (χ0v) is 20.2. The van der Waals surface area contributed by atoms with Crippen LogP contribution in [0.3, 0.4) is 0 Å². The molecule has 3 unspecified atom stereocenters. The van der Waals surface area contributed by atoms with Crippen molar-refractivity contribution in [3.8, 4) is 0 Å². The molecule has 0 spiro atoms. The lowest BCUT2D eigenvalue weighted by Gasteiger charge is -2.25. The minimum Gasteiger partial charge on any atom is -0.480 e. The highest BCUT2D eigenvalue weighted by Crippen LogP contribution is 2.09. The molecular formula is C23H37N7O5. The van der Waals surface area contributed by atoms with Gasteiger partial charge in [0.25, 0.3) is 0 Å². The number of hydrogen-bond donors (Lipinski definition) is 7. The maximum atomic E-state index is 13.1. The average Bonchev–Trinajstić information content (AvgIpc) is 2.79. The Hall–Kier alpha value is -3.67. The number of carboxylic acid groups (broad SMARTS) is 1. The van der Waals surface area contributed by atoms with Crippen LogP contribution in [0.1, 0.15) is 38.7 Å². The molecule has 3 atom stereocenters. The summed E-state index contributed by atoms with van der Waals surface area (Å²) in [7, 11) is 0. The van der Waals surface area contributed by atoms with Gasteiger partial charge in [-0.15, -0.1) is 0 Å². The van der Waals surface area contributed by atoms with Gasteiger partial charge in [-0.3, -0.25) is 19.4 Å². The lowest BCUT2D eigenvalue weighted by atomic mass is 10.0. The Bertz CT molecular complexity index is 872. The van der Waals surface area contributed by atoms with E-state index in [0.29, 0.717) is 6.42 Å². The topological polar surface area (TPSA) is 215 Å². The van der Waals surface area contributed by atoms with Gasteiger partial charge in [0.2, 0.25) is 17.7 Å². The fourth-order valence-corrected chi connectivity index (χ4v) is 3.32. The number of amides is 3. The molecule has 0 aliphatic rings. The van der Waals surface area contributed by atoms with Crippen LogP contribution in [0.4, 0.5) is 0 Å². The lowest BCUT2D eigenvalue weighted by Crippen LogP contribution is -2.57. The first-order valence-corrected chi connectivity index (χ1v) is 11.5. The Morgan fingerprint density at radius 1 is 0.943 bits per heavy atom. The first kappa shape index (κ1) is 29.4. The third-order valence-electron chi connectivity index (χ3n) is 5.02. The van der Waals surface area contributed by atoms with Gasteiger partial charge in [-0.1, -0.05) is 44.2 Å². The van der Waals surface area contributed by atoms with Crippen molar-refractivity contribution in [3.05, 3.63) is 35.9 Å². The molecule has 3 amide bonds. The van der Waals surface area contributed by atoms with E-state index in [1.54, 1.807) is 24.3 Å². The van der Waals surface area contributed by atoms with E-state index in [0.717, 1.165) is 5.56 Å². The van der Waals surface area contributed by atoms with E-state index < -0.39 is 41.8 Å². The number of aliphatic carboxylic acids is 1. The third-order valence-corrected chi connectivity index (χ3v) is 5.02. The zero-order valence-electron chi connectivity index (χ0n) is 20.2. The molecule has 0 saturated heterocycles. The Labute approximate surface area is 205 Å². The molecule has 1 aromatic rings. The number of carboxylic acids is 1. The number of guanidine groups is 1. The zero-order chi connectivity index (χ0) is 26.4. The number of rotatable bonds is 15. The van der Waals surface area contributed by atoms with Crippen LogP contribution in [0.5, 0.6) is 0 Å². The SMILES string of the molecule is CC(C)CC(NC(=O)C(Cc1ccccc1)NC(=O)C(CCCN=C(N)N)NC(=O)CN)C(=O)O. The molecule has 0 fully saturated rings. The van der Waals surface area contributed by atoms with E-state index in [1.165, 1.54) is 0 Å². The predicted molar refractivity (Wildman–Crippen MR) is 132 cm³/mol. The summed E-state index contributed by atoms with van der Waals surface area (Å²) in [5.41, 5.74) is 16.8. The fraction of sp³-hybridized carbons (Fsp3) is 0.522. The van der Waals surface area contributed by atoms with E-state index in [9.17, 15) is 24.3 Å². The normalized spacial score (nSPS) is 13.3. The lowest BCUT2D eigenvalue weighted by molar-refractivity contribution is -0.142. The van der Waals surface area contributed by atoms with Crippen molar-refractivity contribution in [2.24, 2.45) is 28.1 Å². The van der Waals surface area contributed by atoms with Gasteiger partial charge in [0, 0.05) is 13.0 Å². The highest BCUT2D eigenvalue weighted by atomic mass is 16.4. The number of carbonyl (C=O) groups excluding carboxylic acids is 3. The maximum absolute atomic E-state index is 13.1. The molecule has 10 N–H and O–H groups in total. The van der Waals surface area contributed by atoms with Crippen molar-refractivity contribution < 1.29 is 24.3 Å². The Morgan fingerprint density at radius 2 is 1.54 bits per heavy atom. The van der Waals surface area contributed by atoms with Gasteiger partial charge >= 0.3 is 5.97 Å². The van der Waals surface area contributed by atoms with Crippen molar-refractivity contribution in [3.63, 3.8) is 0 Å². The number of hydrogen-bond acceptors (Lipinski definition) is 6. The molecule has 0 heterocycles. The summed E-state index contributed by atoms with van der Waals surface area (Å²) in [6.45, 7) is 3.62. The minimum absolute atomic E-state index is 0.0274. The number of nitrogens with zero attached hydrogens (tertiary/aromatic N) is 1. The highest BCUT2D eigenvalue weighted by molar-refractivity contribution is 5.93. The molecule has 1 aromatic carbocycles. The second-order valence-corrected chi connectivity index (χ2v) is 8.55. The Balaban J connectivity index is 3.06. The van der Waals surface area contributed by atoms with Gasteiger partial charge < -0.3 is 38.3 Å². The molecule has 194 valence electrons. The maximum Gasteiger partial charge on any atom is 0.326 e. The van der Waals surface area contributed by atoms with E-state index in [4.69, 9.17) is 17.2 Å². The van der Waals surface area contributed by atoms with E-state index >= 15 is 0 Å². The van der Waals surface area contributed by atoms with Crippen LogP contribution in [0.2, 0.25) is 0 Å². The van der Waals surface area contributed by atoms with Gasteiger partial charge in [0.15, 0.2) is 5.96 Å². The molecule has 0 aromatic heterocycles. The second kappa shape index (κ2) is 15.3. The summed E-state index contributed by atoms with van der Waals surface area (Å²) < 4.78 is 0. The van der Waals surface area contributed by atoms with Crippen LogP contribution in [-0.2, 0) is 25.6 Å². The van der Waals surface area contributed by atoms with Crippen molar-refractivity contribution in [1.29, 1.82) is 0 Å². The summed E-state index contributed by atoms with van der Waals surface area (Å²) in [5.74, 6) is -3.02. The molecule has 0 aliphatic heterocycles. The number of carbonyl (C=O) groups is 4. The average molecular weight is 492 g/mol. The molecule has 12 heteroatoms. The van der Waals surface area contributed by atoms with Crippen LogP contribution < -0.4 is 33.2 Å². The molecule has 0 aliphatic carbocycles. The monoisotopic (exact) mass is 491 g/mol. The summed E-state index contributed by atoms with van der Waals surface area (Å²) in [4.78, 5) is 53.5. The van der Waals surface area contributed by atoms with Gasteiger partial charge in [-0.25, -0.2) is 4.79 Å². The van der Waals surface area contributed by atoms with Crippen molar-refractivity contribution in [2.45, 2.75) is 57.7 Å². The van der Waals surface area contributed by atoms with Gasteiger partial charge in [-0.05, 0) is 30.7 Å². The van der Waals surface area contributed by atoms with Crippen LogP contribution in [0.25, 0.3) is 0 Å². The van der Waals surface area contributed by atoms with Crippen molar-refractivity contribution in [1.82, 2.24) is 16.0 Å². The van der Waals surface area contributed by atoms with Gasteiger partial charge in [-0.2, -0.15) is 0 Å². The standard InChI is InChI=1S/C23H37N7O5/c1-14(2)11-18(22(34)35)30-21(33)17(12-15-7-4-3-5-8-15)29-20(32)16(28-19(31)13-24)9-6-10-27-23(25)26/h3-5,7-8,14,16-18H,6,9-13,24H2,1-2H3,(H,28,31)(H,29,32)(H,30,33)(H,34,35)(H4,25,26,27). The van der Waals surface area contributed by atoms with Crippen LogP contribution in [0, 0.1) is 5.92 Å². The molecule has 1 rings (SSSR count). The fourth-order valence-electron chi connectivity index (χ4n) is 3.32. The molecular weight excluding hydrogens is 454 g/mol. The summed E-state index contributed by atoms with van der Waals surface area (Å²) >= 11 is 0. The third kappa shape index (κ3) is 11.8. The first-order valence-electron chi connectivity index (χ1n) is 11.5. The van der Waals surface area contributed by atoms with E-state index in [-0.39, 0.29) is 44.2 Å². The van der Waals surface area contributed by atoms with Gasteiger partial charge in [0.1, 0.15) is 18.1 Å². The molecule has 0 saturated carbocycles. The quantitative estimate of drug-likeness (QED) is 0.0898. The largest absolute Gasteiger partial charge is 0.480 e. The molecule has 35 heavy (non-hydrogen) atoms. The minimum atomic E-state index is -1.16. The van der Waals surface area contributed by atoms with Crippen LogP contribution >= 0.6 is 0 Å². The number of benzene rings is 1. The Morgan fingerprint density at radius 3 is 2.09 bits per heavy atom. The highest BCUT2D eigenvalue weighted by Gasteiger charge is 2.29. The predicted octanol–water partition coefficient (Wildman–Crippen LogP) is -1.17. The van der Waals surface area contributed by atoms with Gasteiger partial charge in [0.05, 0.1) is 6.54 Å². The summed E-state index contributed by atoms with van der Waals surface area (Å²) in [6, 6.07) is 5.81. The summed E-state index contributed by atoms with van der Waals surface area (Å²) in [6.07, 6.45) is 0.927. The van der Waals surface area contributed by atoms with Crippen LogP contribution in [-0.4, -0.2) is 66.0 Å². The molecule has 0 bridgehead atoms.